The zero-order chi connectivity index (χ0) is 21.7. The monoisotopic (exact) mass is 406 g/mol. The fourth-order valence-electron chi connectivity index (χ4n) is 3.72. The molecule has 162 valence electrons. The van der Waals surface area contributed by atoms with Crippen LogP contribution < -0.4 is 25.8 Å². The number of fused-ring (bicyclic) bond motifs is 1. The highest BCUT2D eigenvalue weighted by Crippen LogP contribution is 2.38. The first kappa shape index (κ1) is 23.0. The van der Waals surface area contributed by atoms with Crippen LogP contribution in [0.4, 0.5) is 0 Å². The van der Waals surface area contributed by atoms with Crippen LogP contribution in [-0.2, 0) is 16.0 Å². The van der Waals surface area contributed by atoms with Crippen molar-refractivity contribution in [2.24, 2.45) is 11.7 Å². The van der Waals surface area contributed by atoms with E-state index in [4.69, 9.17) is 15.2 Å². The first-order valence-electron chi connectivity index (χ1n) is 9.97. The Morgan fingerprint density at radius 2 is 1.83 bits per heavy atom. The Morgan fingerprint density at radius 1 is 1.21 bits per heavy atom. The van der Waals surface area contributed by atoms with E-state index in [0.29, 0.717) is 11.5 Å². The van der Waals surface area contributed by atoms with Crippen LogP contribution in [0.2, 0.25) is 0 Å². The van der Waals surface area contributed by atoms with Crippen LogP contribution in [0.25, 0.3) is 0 Å². The minimum absolute atomic E-state index is 0.0105. The second-order valence-corrected chi connectivity index (χ2v) is 7.93. The maximum absolute atomic E-state index is 12.4. The van der Waals surface area contributed by atoms with Gasteiger partial charge < -0.3 is 25.8 Å². The summed E-state index contributed by atoms with van der Waals surface area (Å²) < 4.78 is 10.9. The molecule has 1 aromatic rings. The summed E-state index contributed by atoms with van der Waals surface area (Å²) in [6.07, 6.45) is 0.895. The van der Waals surface area contributed by atoms with Gasteiger partial charge in [-0.25, -0.2) is 0 Å². The van der Waals surface area contributed by atoms with E-state index in [0.717, 1.165) is 18.5 Å². The summed E-state index contributed by atoms with van der Waals surface area (Å²) in [5.41, 5.74) is 8.10. The minimum atomic E-state index is -0.626. The third-order valence-corrected chi connectivity index (χ3v) is 5.48. The fraction of sp³-hybridized carbons (Fsp3) is 0.619. The van der Waals surface area contributed by atoms with Crippen molar-refractivity contribution in [2.75, 3.05) is 34.4 Å². The molecule has 0 saturated heterocycles. The van der Waals surface area contributed by atoms with Gasteiger partial charge in [0.15, 0.2) is 11.5 Å². The molecule has 0 bridgehead atoms. The summed E-state index contributed by atoms with van der Waals surface area (Å²) in [6, 6.07) is 3.19. The second kappa shape index (κ2) is 9.93. The van der Waals surface area contributed by atoms with Crippen molar-refractivity contribution in [2.45, 2.75) is 45.3 Å². The molecule has 1 heterocycles. The maximum atomic E-state index is 12.4. The number of hydrogen-bond acceptors (Lipinski definition) is 6. The Hall–Kier alpha value is -2.32. The van der Waals surface area contributed by atoms with Gasteiger partial charge in [0.2, 0.25) is 11.8 Å². The number of benzene rings is 1. The van der Waals surface area contributed by atoms with Gasteiger partial charge in [-0.05, 0) is 49.6 Å². The lowest BCUT2D eigenvalue weighted by Gasteiger charge is -2.39. The number of methoxy groups -OCH3 is 2. The van der Waals surface area contributed by atoms with Crippen LogP contribution in [0, 0.1) is 5.92 Å². The Labute approximate surface area is 173 Å². The Bertz CT molecular complexity index is 738. The summed E-state index contributed by atoms with van der Waals surface area (Å²) in [7, 11) is 5.27. The van der Waals surface area contributed by atoms with Crippen LogP contribution >= 0.6 is 0 Å². The zero-order valence-electron chi connectivity index (χ0n) is 18.2. The van der Waals surface area contributed by atoms with E-state index in [2.05, 4.69) is 15.5 Å². The Morgan fingerprint density at radius 3 is 2.41 bits per heavy atom. The van der Waals surface area contributed by atoms with Crippen molar-refractivity contribution in [1.82, 2.24) is 15.5 Å². The summed E-state index contributed by atoms with van der Waals surface area (Å²) >= 11 is 0. The molecule has 8 nitrogen and oxygen atoms in total. The first-order chi connectivity index (χ1) is 13.7. The van der Waals surface area contributed by atoms with Crippen molar-refractivity contribution in [1.29, 1.82) is 0 Å². The summed E-state index contributed by atoms with van der Waals surface area (Å²) in [6.45, 7) is 6.47. The topological polar surface area (TPSA) is 106 Å². The average molecular weight is 407 g/mol. The molecule has 1 aliphatic heterocycles. The van der Waals surface area contributed by atoms with E-state index >= 15 is 0 Å². The van der Waals surface area contributed by atoms with E-state index in [-0.39, 0.29) is 36.4 Å². The van der Waals surface area contributed by atoms with Gasteiger partial charge in [-0.1, -0.05) is 13.8 Å². The molecule has 1 aliphatic rings. The van der Waals surface area contributed by atoms with E-state index in [1.165, 1.54) is 5.56 Å². The first-order valence-corrected chi connectivity index (χ1v) is 9.97. The average Bonchev–Trinajstić information content (AvgIpc) is 2.69. The Kier molecular flexibility index (Phi) is 7.87. The molecule has 0 saturated carbocycles. The number of hydrogen-bond donors (Lipinski definition) is 3. The summed E-state index contributed by atoms with van der Waals surface area (Å²) in [5, 5.41) is 5.61. The SMILES string of the molecule is COc1cc2c(cc1OC)C(C(C)NC(=O)CNC(=O)[C@@H](N)C(C)C)N(C)CC2. The van der Waals surface area contributed by atoms with Crippen molar-refractivity contribution in [3.8, 4) is 11.5 Å². The Balaban J connectivity index is 2.10. The highest BCUT2D eigenvalue weighted by Gasteiger charge is 2.31. The lowest BCUT2D eigenvalue weighted by Crippen LogP contribution is -2.50. The number of ether oxygens (including phenoxy) is 2. The highest BCUT2D eigenvalue weighted by atomic mass is 16.5. The minimum Gasteiger partial charge on any atom is -0.493 e. The fourth-order valence-corrected chi connectivity index (χ4v) is 3.72. The molecule has 2 rings (SSSR count). The van der Waals surface area contributed by atoms with Crippen molar-refractivity contribution in [3.63, 3.8) is 0 Å². The molecule has 4 N–H and O–H groups in total. The predicted molar refractivity (Wildman–Crippen MR) is 112 cm³/mol. The van der Waals surface area contributed by atoms with E-state index in [1.807, 2.05) is 40.0 Å². The quantitative estimate of drug-likeness (QED) is 0.591. The number of nitrogens with two attached hydrogens (primary N) is 1. The molecule has 3 atom stereocenters. The van der Waals surface area contributed by atoms with Gasteiger partial charge in [0.1, 0.15) is 0 Å². The standard InChI is InChI=1S/C21H34N4O4/c1-12(2)19(22)21(27)23-11-18(26)24-13(3)20-15-10-17(29-6)16(28-5)9-14(15)7-8-25(20)4/h9-10,12-13,19-20H,7-8,11,22H2,1-6H3,(H,23,27)(H,24,26)/t13?,19-,20?/m0/s1. The zero-order valence-corrected chi connectivity index (χ0v) is 18.2. The van der Waals surface area contributed by atoms with Gasteiger partial charge in [-0.2, -0.15) is 0 Å². The number of amides is 2. The molecule has 0 aliphatic carbocycles. The van der Waals surface area contributed by atoms with Crippen molar-refractivity contribution >= 4 is 11.8 Å². The maximum Gasteiger partial charge on any atom is 0.239 e. The lowest BCUT2D eigenvalue weighted by atomic mass is 9.88. The van der Waals surface area contributed by atoms with Crippen LogP contribution in [0.5, 0.6) is 11.5 Å². The predicted octanol–water partition coefficient (Wildman–Crippen LogP) is 0.837. The molecule has 8 heteroatoms. The van der Waals surface area contributed by atoms with Crippen molar-refractivity contribution < 1.29 is 19.1 Å². The molecule has 0 aromatic heterocycles. The van der Waals surface area contributed by atoms with Gasteiger partial charge in [-0.3, -0.25) is 14.5 Å². The van der Waals surface area contributed by atoms with Gasteiger partial charge in [0.05, 0.1) is 32.8 Å². The van der Waals surface area contributed by atoms with Crippen LogP contribution in [0.3, 0.4) is 0 Å². The normalized spacial score (nSPS) is 18.6. The van der Waals surface area contributed by atoms with Crippen molar-refractivity contribution in [3.05, 3.63) is 23.3 Å². The number of nitrogens with one attached hydrogen (secondary N) is 2. The smallest absolute Gasteiger partial charge is 0.239 e. The second-order valence-electron chi connectivity index (χ2n) is 7.93. The number of nitrogens with zero attached hydrogens (tertiary/aromatic N) is 1. The van der Waals surface area contributed by atoms with E-state index < -0.39 is 6.04 Å². The molecule has 1 aromatic carbocycles. The molecular formula is C21H34N4O4. The summed E-state index contributed by atoms with van der Waals surface area (Å²) in [4.78, 5) is 26.6. The molecule has 0 fully saturated rings. The molecule has 2 amide bonds. The molecule has 29 heavy (non-hydrogen) atoms. The third kappa shape index (κ3) is 5.39. The van der Waals surface area contributed by atoms with Crippen LogP contribution in [0.15, 0.2) is 12.1 Å². The molecule has 0 spiro atoms. The number of carbonyl (C=O) groups excluding carboxylic acids is 2. The van der Waals surface area contributed by atoms with Gasteiger partial charge in [0.25, 0.3) is 0 Å². The largest absolute Gasteiger partial charge is 0.493 e. The molecule has 0 radical (unpaired) electrons. The summed E-state index contributed by atoms with van der Waals surface area (Å²) in [5.74, 6) is 0.814. The van der Waals surface area contributed by atoms with Gasteiger partial charge in [0, 0.05) is 12.6 Å². The van der Waals surface area contributed by atoms with Crippen LogP contribution in [-0.4, -0.2) is 63.2 Å². The number of likely N-dealkylation sites (N-methyl/N-ethyl adjacent to an activating group) is 1. The van der Waals surface area contributed by atoms with Gasteiger partial charge >= 0.3 is 0 Å². The van der Waals surface area contributed by atoms with E-state index in [9.17, 15) is 9.59 Å². The molecule has 2 unspecified atom stereocenters. The lowest BCUT2D eigenvalue weighted by molar-refractivity contribution is -0.127. The number of carbonyl (C=O) groups is 2. The van der Waals surface area contributed by atoms with E-state index in [1.54, 1.807) is 14.2 Å². The van der Waals surface area contributed by atoms with Crippen LogP contribution in [0.1, 0.15) is 37.9 Å². The highest BCUT2D eigenvalue weighted by molar-refractivity contribution is 5.87. The third-order valence-electron chi connectivity index (χ3n) is 5.48. The number of rotatable bonds is 8. The molecular weight excluding hydrogens is 372 g/mol. The van der Waals surface area contributed by atoms with Gasteiger partial charge in [-0.15, -0.1) is 0 Å².